The molecule has 8 heteroatoms. The number of rotatable bonds is 7. The summed E-state index contributed by atoms with van der Waals surface area (Å²) in [5.41, 5.74) is 1.07. The van der Waals surface area contributed by atoms with Crippen LogP contribution < -0.4 is 5.32 Å². The highest BCUT2D eigenvalue weighted by Crippen LogP contribution is 2.27. The number of amides is 1. The molecule has 2 heterocycles. The van der Waals surface area contributed by atoms with Crippen molar-refractivity contribution in [2.24, 2.45) is 5.92 Å². The number of thiophene rings is 1. The van der Waals surface area contributed by atoms with E-state index in [-0.39, 0.29) is 17.9 Å². The lowest BCUT2D eigenvalue weighted by molar-refractivity contribution is -0.127. The first-order valence-corrected chi connectivity index (χ1v) is 11.7. The second kappa shape index (κ2) is 9.17. The molecule has 0 unspecified atom stereocenters. The molecule has 6 nitrogen and oxygen atoms in total. The van der Waals surface area contributed by atoms with Crippen LogP contribution in [0.2, 0.25) is 0 Å². The number of carbonyl (C=O) groups is 1. The number of likely N-dealkylation sites (N-methyl/N-ethyl adjacent to an activating group) is 1. The molecule has 1 atom stereocenters. The molecule has 0 spiro atoms. The summed E-state index contributed by atoms with van der Waals surface area (Å²) in [5.74, 6) is -0.160. The fraction of sp³-hybridized carbons (Fsp3) is 0.450. The molecular weight excluding hydrogens is 394 g/mol. The van der Waals surface area contributed by atoms with Gasteiger partial charge in [-0.2, -0.15) is 4.31 Å². The normalized spacial score (nSPS) is 17.5. The van der Waals surface area contributed by atoms with Gasteiger partial charge in [-0.15, -0.1) is 11.3 Å². The molecule has 1 N–H and O–H groups in total. The zero-order valence-electron chi connectivity index (χ0n) is 16.2. The van der Waals surface area contributed by atoms with Gasteiger partial charge >= 0.3 is 0 Å². The summed E-state index contributed by atoms with van der Waals surface area (Å²) < 4.78 is 27.1. The molecule has 1 amide bonds. The second-order valence-electron chi connectivity index (χ2n) is 7.34. The zero-order chi connectivity index (χ0) is 20.1. The maximum absolute atomic E-state index is 12.9. The van der Waals surface area contributed by atoms with Gasteiger partial charge in [0.1, 0.15) is 4.21 Å². The molecule has 28 heavy (non-hydrogen) atoms. The van der Waals surface area contributed by atoms with Gasteiger partial charge in [-0.3, -0.25) is 4.79 Å². The van der Waals surface area contributed by atoms with Crippen LogP contribution in [0, 0.1) is 5.92 Å². The third-order valence-electron chi connectivity index (χ3n) is 4.98. The Morgan fingerprint density at radius 1 is 1.18 bits per heavy atom. The van der Waals surface area contributed by atoms with E-state index < -0.39 is 10.0 Å². The number of sulfonamides is 1. The Morgan fingerprint density at radius 3 is 2.43 bits per heavy atom. The van der Waals surface area contributed by atoms with Crippen LogP contribution in [0.15, 0.2) is 52.1 Å². The molecule has 152 valence electrons. The van der Waals surface area contributed by atoms with Crippen LogP contribution in [0.4, 0.5) is 0 Å². The van der Waals surface area contributed by atoms with Gasteiger partial charge in [-0.05, 0) is 43.9 Å². The molecule has 1 aliphatic heterocycles. The Hall–Kier alpha value is -1.74. The summed E-state index contributed by atoms with van der Waals surface area (Å²) in [4.78, 5) is 14.9. The summed E-state index contributed by atoms with van der Waals surface area (Å²) in [5, 5.41) is 4.93. The number of hydrogen-bond donors (Lipinski definition) is 1. The largest absolute Gasteiger partial charge is 0.348 e. The highest BCUT2D eigenvalue weighted by molar-refractivity contribution is 7.91. The number of benzene rings is 1. The van der Waals surface area contributed by atoms with Crippen LogP contribution in [0.5, 0.6) is 0 Å². The summed E-state index contributed by atoms with van der Waals surface area (Å²) in [6.07, 6.45) is 1.08. The minimum Gasteiger partial charge on any atom is -0.348 e. The molecule has 1 aromatic heterocycles. The molecule has 0 saturated carbocycles. The van der Waals surface area contributed by atoms with Gasteiger partial charge in [-0.25, -0.2) is 8.42 Å². The topological polar surface area (TPSA) is 69.7 Å². The lowest BCUT2D eigenvalue weighted by Gasteiger charge is -2.31. The Bertz CT molecular complexity index is 859. The van der Waals surface area contributed by atoms with E-state index in [2.05, 4.69) is 5.32 Å². The van der Waals surface area contributed by atoms with E-state index in [4.69, 9.17) is 0 Å². The standard InChI is InChI=1S/C20H27N3O3S2/c1-22(2)15-18(16-7-4-3-5-8-16)21-20(24)17-10-12-23(13-11-17)28(25,26)19-9-6-14-27-19/h3-9,14,17-18H,10-13,15H2,1-2H3,(H,21,24)/t18-/m1/s1. The van der Waals surface area contributed by atoms with Crippen molar-refractivity contribution in [2.75, 3.05) is 33.7 Å². The molecule has 2 aromatic rings. The van der Waals surface area contributed by atoms with Gasteiger partial charge < -0.3 is 10.2 Å². The van der Waals surface area contributed by atoms with Gasteiger partial charge in [0.05, 0.1) is 6.04 Å². The van der Waals surface area contributed by atoms with Crippen molar-refractivity contribution in [3.8, 4) is 0 Å². The average molecular weight is 422 g/mol. The van der Waals surface area contributed by atoms with Crippen molar-refractivity contribution in [3.05, 3.63) is 53.4 Å². The molecule has 1 aromatic carbocycles. The van der Waals surface area contributed by atoms with Crippen LogP contribution in [-0.2, 0) is 14.8 Å². The van der Waals surface area contributed by atoms with Crippen molar-refractivity contribution >= 4 is 27.3 Å². The van der Waals surface area contributed by atoms with Crippen LogP contribution in [0.1, 0.15) is 24.4 Å². The summed E-state index contributed by atoms with van der Waals surface area (Å²) in [6, 6.07) is 13.2. The van der Waals surface area contributed by atoms with Gasteiger partial charge in [0.25, 0.3) is 10.0 Å². The predicted octanol–water partition coefficient (Wildman–Crippen LogP) is 2.57. The van der Waals surface area contributed by atoms with E-state index in [1.54, 1.807) is 17.5 Å². The third-order valence-corrected chi connectivity index (χ3v) is 8.25. The Morgan fingerprint density at radius 2 is 1.86 bits per heavy atom. The molecule has 1 saturated heterocycles. The quantitative estimate of drug-likeness (QED) is 0.746. The van der Waals surface area contributed by atoms with Crippen LogP contribution >= 0.6 is 11.3 Å². The maximum atomic E-state index is 12.9. The lowest BCUT2D eigenvalue weighted by Crippen LogP contribution is -2.44. The van der Waals surface area contributed by atoms with E-state index in [1.807, 2.05) is 49.3 Å². The van der Waals surface area contributed by atoms with E-state index in [0.717, 1.165) is 5.56 Å². The third kappa shape index (κ3) is 5.00. The highest BCUT2D eigenvalue weighted by Gasteiger charge is 2.33. The zero-order valence-corrected chi connectivity index (χ0v) is 17.9. The van der Waals surface area contributed by atoms with Crippen molar-refractivity contribution in [3.63, 3.8) is 0 Å². The first-order chi connectivity index (χ1) is 13.4. The molecule has 0 aliphatic carbocycles. The smallest absolute Gasteiger partial charge is 0.252 e. The van der Waals surface area contributed by atoms with E-state index in [9.17, 15) is 13.2 Å². The number of nitrogens with zero attached hydrogens (tertiary/aromatic N) is 2. The van der Waals surface area contributed by atoms with E-state index in [0.29, 0.717) is 36.7 Å². The fourth-order valence-corrected chi connectivity index (χ4v) is 6.08. The first-order valence-electron chi connectivity index (χ1n) is 9.41. The Kier molecular flexibility index (Phi) is 6.87. The fourth-order valence-electron chi connectivity index (χ4n) is 3.47. The molecule has 3 rings (SSSR count). The van der Waals surface area contributed by atoms with Crippen molar-refractivity contribution in [1.29, 1.82) is 0 Å². The monoisotopic (exact) mass is 421 g/mol. The maximum Gasteiger partial charge on any atom is 0.252 e. The van der Waals surface area contributed by atoms with Crippen LogP contribution in [-0.4, -0.2) is 57.3 Å². The first kappa shape index (κ1) is 21.0. The minimum atomic E-state index is -3.44. The van der Waals surface area contributed by atoms with Crippen molar-refractivity contribution in [2.45, 2.75) is 23.1 Å². The van der Waals surface area contributed by atoms with Crippen LogP contribution in [0.25, 0.3) is 0 Å². The van der Waals surface area contributed by atoms with E-state index in [1.165, 1.54) is 15.6 Å². The van der Waals surface area contributed by atoms with Crippen molar-refractivity contribution < 1.29 is 13.2 Å². The summed E-state index contributed by atoms with van der Waals surface area (Å²) in [6.45, 7) is 1.46. The molecular formula is C20H27N3O3S2. The van der Waals surface area contributed by atoms with E-state index >= 15 is 0 Å². The number of hydrogen-bond acceptors (Lipinski definition) is 5. The molecule has 1 fully saturated rings. The van der Waals surface area contributed by atoms with Gasteiger partial charge in [0.2, 0.25) is 5.91 Å². The summed E-state index contributed by atoms with van der Waals surface area (Å²) >= 11 is 1.23. The van der Waals surface area contributed by atoms with Gasteiger partial charge in [0, 0.05) is 25.6 Å². The van der Waals surface area contributed by atoms with Crippen LogP contribution in [0.3, 0.4) is 0 Å². The molecule has 0 radical (unpaired) electrons. The number of nitrogens with one attached hydrogen (secondary N) is 1. The van der Waals surface area contributed by atoms with Crippen molar-refractivity contribution in [1.82, 2.24) is 14.5 Å². The highest BCUT2D eigenvalue weighted by atomic mass is 32.2. The predicted molar refractivity (Wildman–Crippen MR) is 112 cm³/mol. The minimum absolute atomic E-state index is 0.00359. The van der Waals surface area contributed by atoms with Gasteiger partial charge in [0.15, 0.2) is 0 Å². The lowest BCUT2D eigenvalue weighted by atomic mass is 9.96. The Balaban J connectivity index is 1.61. The second-order valence-corrected chi connectivity index (χ2v) is 10.5. The summed E-state index contributed by atoms with van der Waals surface area (Å²) in [7, 11) is 0.528. The average Bonchev–Trinajstić information content (AvgIpc) is 3.23. The van der Waals surface area contributed by atoms with Gasteiger partial charge in [-0.1, -0.05) is 36.4 Å². The SMILES string of the molecule is CN(C)C[C@@H](NC(=O)C1CCN(S(=O)(=O)c2cccs2)CC1)c1ccccc1. The number of carbonyl (C=O) groups excluding carboxylic acids is 1. The number of piperidine rings is 1. The Labute approximate surface area is 171 Å². The molecule has 1 aliphatic rings. The molecule has 0 bridgehead atoms.